The molecule has 10 heteroatoms. The first-order chi connectivity index (χ1) is 14.7. The third-order valence-corrected chi connectivity index (χ3v) is 5.87. The standard InChI is InChI=1S/C21H18ClFN2O5S/c1-29-15-7-10-20(30-2)19(11-15)25-31(27,28)16-8-9-18(17(23)12-16)24-21(26)13-3-5-14(22)6-4-13/h3-12,25H,1-2H3,(H,24,26). The molecule has 0 aliphatic carbocycles. The average Bonchev–Trinajstić information content (AvgIpc) is 2.75. The van der Waals surface area contributed by atoms with Crippen LogP contribution in [0.5, 0.6) is 11.5 Å². The Bertz CT molecular complexity index is 1220. The van der Waals surface area contributed by atoms with Gasteiger partial charge < -0.3 is 14.8 Å². The summed E-state index contributed by atoms with van der Waals surface area (Å²) >= 11 is 5.79. The minimum absolute atomic E-state index is 0.127. The van der Waals surface area contributed by atoms with Crippen LogP contribution in [-0.2, 0) is 10.0 Å². The van der Waals surface area contributed by atoms with Crippen molar-refractivity contribution in [1.29, 1.82) is 0 Å². The lowest BCUT2D eigenvalue weighted by atomic mass is 10.2. The van der Waals surface area contributed by atoms with Gasteiger partial charge in [0.2, 0.25) is 0 Å². The van der Waals surface area contributed by atoms with Crippen LogP contribution in [0.4, 0.5) is 15.8 Å². The summed E-state index contributed by atoms with van der Waals surface area (Å²) in [7, 11) is -1.33. The van der Waals surface area contributed by atoms with E-state index in [1.165, 1.54) is 62.8 Å². The number of nitrogens with one attached hydrogen (secondary N) is 2. The van der Waals surface area contributed by atoms with Crippen molar-refractivity contribution >= 4 is 38.9 Å². The predicted molar refractivity (Wildman–Crippen MR) is 116 cm³/mol. The van der Waals surface area contributed by atoms with Gasteiger partial charge in [0.1, 0.15) is 17.3 Å². The molecule has 0 atom stereocenters. The van der Waals surface area contributed by atoms with E-state index in [-0.39, 0.29) is 27.6 Å². The Morgan fingerprint density at radius 1 is 0.935 bits per heavy atom. The van der Waals surface area contributed by atoms with E-state index in [4.69, 9.17) is 21.1 Å². The van der Waals surface area contributed by atoms with Crippen LogP contribution in [-0.4, -0.2) is 28.5 Å². The van der Waals surface area contributed by atoms with Crippen molar-refractivity contribution in [3.05, 3.63) is 77.1 Å². The normalized spacial score (nSPS) is 11.0. The molecule has 0 aliphatic heterocycles. The molecule has 0 bridgehead atoms. The molecule has 1 amide bonds. The van der Waals surface area contributed by atoms with Crippen molar-refractivity contribution in [3.63, 3.8) is 0 Å². The maximum absolute atomic E-state index is 14.6. The Balaban J connectivity index is 1.83. The van der Waals surface area contributed by atoms with Crippen LogP contribution in [0, 0.1) is 5.82 Å². The number of carbonyl (C=O) groups is 1. The van der Waals surface area contributed by atoms with E-state index in [1.54, 1.807) is 6.07 Å². The summed E-state index contributed by atoms with van der Waals surface area (Å²) in [5.41, 5.74) is 0.229. The molecule has 2 N–H and O–H groups in total. The zero-order valence-corrected chi connectivity index (χ0v) is 18.1. The molecule has 31 heavy (non-hydrogen) atoms. The number of hydrogen-bond donors (Lipinski definition) is 2. The van der Waals surface area contributed by atoms with Gasteiger partial charge in [0.25, 0.3) is 15.9 Å². The fourth-order valence-electron chi connectivity index (χ4n) is 2.66. The quantitative estimate of drug-likeness (QED) is 0.535. The minimum Gasteiger partial charge on any atom is -0.497 e. The molecule has 3 aromatic rings. The van der Waals surface area contributed by atoms with E-state index >= 15 is 0 Å². The monoisotopic (exact) mass is 464 g/mol. The molecular weight excluding hydrogens is 447 g/mol. The smallest absolute Gasteiger partial charge is 0.262 e. The van der Waals surface area contributed by atoms with Crippen LogP contribution >= 0.6 is 11.6 Å². The molecule has 0 aliphatic rings. The summed E-state index contributed by atoms with van der Waals surface area (Å²) < 4.78 is 52.6. The highest BCUT2D eigenvalue weighted by Crippen LogP contribution is 2.31. The minimum atomic E-state index is -4.15. The summed E-state index contributed by atoms with van der Waals surface area (Å²) in [6, 6.07) is 13.8. The van der Waals surface area contributed by atoms with Crippen LogP contribution in [0.25, 0.3) is 0 Å². The number of ether oxygens (including phenoxy) is 2. The molecule has 0 unspecified atom stereocenters. The predicted octanol–water partition coefficient (Wildman–Crippen LogP) is 4.55. The lowest BCUT2D eigenvalue weighted by molar-refractivity contribution is 0.102. The second-order valence-corrected chi connectivity index (χ2v) is 8.39. The van der Waals surface area contributed by atoms with E-state index < -0.39 is 21.7 Å². The summed E-state index contributed by atoms with van der Waals surface area (Å²) in [4.78, 5) is 11.9. The molecule has 0 spiro atoms. The van der Waals surface area contributed by atoms with Gasteiger partial charge in [-0.3, -0.25) is 9.52 Å². The van der Waals surface area contributed by atoms with E-state index in [1.807, 2.05) is 0 Å². The second-order valence-electron chi connectivity index (χ2n) is 6.27. The molecule has 0 radical (unpaired) electrons. The molecular formula is C21H18ClFN2O5S. The fraction of sp³-hybridized carbons (Fsp3) is 0.0952. The third kappa shape index (κ3) is 5.25. The molecule has 0 saturated carbocycles. The van der Waals surface area contributed by atoms with Crippen LogP contribution in [0.3, 0.4) is 0 Å². The highest BCUT2D eigenvalue weighted by Gasteiger charge is 2.20. The maximum atomic E-state index is 14.6. The van der Waals surface area contributed by atoms with E-state index in [0.29, 0.717) is 10.8 Å². The van der Waals surface area contributed by atoms with Gasteiger partial charge >= 0.3 is 0 Å². The molecule has 0 saturated heterocycles. The van der Waals surface area contributed by atoms with Gasteiger partial charge in [-0.25, -0.2) is 12.8 Å². The number of sulfonamides is 1. The van der Waals surface area contributed by atoms with E-state index in [0.717, 1.165) is 6.07 Å². The fourth-order valence-corrected chi connectivity index (χ4v) is 3.86. The number of methoxy groups -OCH3 is 2. The first-order valence-electron chi connectivity index (χ1n) is 8.85. The molecule has 162 valence electrons. The van der Waals surface area contributed by atoms with Crippen molar-refractivity contribution in [2.45, 2.75) is 4.90 Å². The van der Waals surface area contributed by atoms with Crippen molar-refractivity contribution in [1.82, 2.24) is 0 Å². The van der Waals surface area contributed by atoms with Gasteiger partial charge in [-0.15, -0.1) is 0 Å². The van der Waals surface area contributed by atoms with Crippen LogP contribution in [0.15, 0.2) is 65.6 Å². The molecule has 0 fully saturated rings. The highest BCUT2D eigenvalue weighted by molar-refractivity contribution is 7.92. The summed E-state index contributed by atoms with van der Waals surface area (Å²) in [6.45, 7) is 0. The molecule has 0 heterocycles. The van der Waals surface area contributed by atoms with Crippen molar-refractivity contribution in [2.75, 3.05) is 24.3 Å². The number of amides is 1. The molecule has 7 nitrogen and oxygen atoms in total. The van der Waals surface area contributed by atoms with Gasteiger partial charge in [0, 0.05) is 16.7 Å². The molecule has 3 aromatic carbocycles. The van der Waals surface area contributed by atoms with Gasteiger partial charge in [0.15, 0.2) is 0 Å². The largest absolute Gasteiger partial charge is 0.497 e. The summed E-state index contributed by atoms with van der Waals surface area (Å²) in [5, 5.41) is 2.85. The third-order valence-electron chi connectivity index (χ3n) is 4.26. The van der Waals surface area contributed by atoms with Crippen molar-refractivity contribution < 1.29 is 27.1 Å². The number of anilines is 2. The van der Waals surface area contributed by atoms with Crippen molar-refractivity contribution in [2.24, 2.45) is 0 Å². The summed E-state index contributed by atoms with van der Waals surface area (Å²) in [5.74, 6) is -0.810. The van der Waals surface area contributed by atoms with Gasteiger partial charge in [-0.05, 0) is 54.6 Å². The SMILES string of the molecule is COc1ccc(OC)c(NS(=O)(=O)c2ccc(NC(=O)c3ccc(Cl)cc3)c(F)c2)c1. The summed E-state index contributed by atoms with van der Waals surface area (Å²) in [6.07, 6.45) is 0. The second kappa shape index (κ2) is 9.23. The molecule has 0 aromatic heterocycles. The van der Waals surface area contributed by atoms with Crippen LogP contribution in [0.2, 0.25) is 5.02 Å². The number of rotatable bonds is 7. The van der Waals surface area contributed by atoms with Gasteiger partial charge in [-0.1, -0.05) is 11.6 Å². The Morgan fingerprint density at radius 3 is 2.26 bits per heavy atom. The number of benzene rings is 3. The zero-order valence-electron chi connectivity index (χ0n) is 16.5. The van der Waals surface area contributed by atoms with E-state index in [2.05, 4.69) is 10.0 Å². The zero-order chi connectivity index (χ0) is 22.6. The Morgan fingerprint density at radius 2 is 1.65 bits per heavy atom. The maximum Gasteiger partial charge on any atom is 0.262 e. The number of carbonyl (C=O) groups excluding carboxylic acids is 1. The number of hydrogen-bond acceptors (Lipinski definition) is 5. The Hall–Kier alpha value is -3.30. The highest BCUT2D eigenvalue weighted by atomic mass is 35.5. The van der Waals surface area contributed by atoms with Gasteiger partial charge in [0.05, 0.1) is 30.5 Å². The Kier molecular flexibility index (Phi) is 6.67. The topological polar surface area (TPSA) is 93.7 Å². The first kappa shape index (κ1) is 22.4. The van der Waals surface area contributed by atoms with Crippen LogP contribution < -0.4 is 19.5 Å². The van der Waals surface area contributed by atoms with Gasteiger partial charge in [-0.2, -0.15) is 0 Å². The lowest BCUT2D eigenvalue weighted by Gasteiger charge is -2.14. The van der Waals surface area contributed by atoms with Crippen molar-refractivity contribution in [3.8, 4) is 11.5 Å². The first-order valence-corrected chi connectivity index (χ1v) is 10.7. The average molecular weight is 465 g/mol. The number of halogens is 2. The lowest BCUT2D eigenvalue weighted by Crippen LogP contribution is -2.16. The van der Waals surface area contributed by atoms with E-state index in [9.17, 15) is 17.6 Å². The Labute approximate surface area is 183 Å². The van der Waals surface area contributed by atoms with Crippen LogP contribution in [0.1, 0.15) is 10.4 Å². The molecule has 3 rings (SSSR count).